The Hall–Kier alpha value is -3.35. The summed E-state index contributed by atoms with van der Waals surface area (Å²) in [6, 6.07) is 10.7. The Morgan fingerprint density at radius 1 is 0.818 bits per heavy atom. The van der Waals surface area contributed by atoms with Crippen molar-refractivity contribution >= 4 is 27.7 Å². The molecule has 0 saturated heterocycles. The van der Waals surface area contributed by atoms with Crippen LogP contribution >= 0.6 is 0 Å². The Labute approximate surface area is 190 Å². The number of carboxylic acids is 3. The highest BCUT2D eigenvalue weighted by atomic mass is 32.2. The first kappa shape index (κ1) is 25.9. The zero-order chi connectivity index (χ0) is 24.6. The first-order valence-corrected chi connectivity index (χ1v) is 11.3. The molecule has 11 nitrogen and oxygen atoms in total. The van der Waals surface area contributed by atoms with Gasteiger partial charge in [0.05, 0.1) is 35.1 Å². The van der Waals surface area contributed by atoms with E-state index in [0.717, 1.165) is 4.90 Å². The van der Waals surface area contributed by atoms with E-state index in [1.54, 1.807) is 25.1 Å². The van der Waals surface area contributed by atoms with Crippen molar-refractivity contribution in [3.05, 3.63) is 53.9 Å². The van der Waals surface area contributed by atoms with Crippen LogP contribution < -0.4 is 0 Å². The fourth-order valence-corrected chi connectivity index (χ4v) is 4.59. The zero-order valence-electron chi connectivity index (χ0n) is 17.9. The lowest BCUT2D eigenvalue weighted by Gasteiger charge is -2.24. The van der Waals surface area contributed by atoms with Crippen LogP contribution in [0.1, 0.15) is 11.4 Å². The van der Waals surface area contributed by atoms with Crippen molar-refractivity contribution in [1.82, 2.24) is 14.8 Å². The predicted octanol–water partition coefficient (Wildman–Crippen LogP) is 0.581. The van der Waals surface area contributed by atoms with E-state index in [0.29, 0.717) is 11.4 Å². The van der Waals surface area contributed by atoms with Gasteiger partial charge in [-0.25, -0.2) is 8.42 Å². The molecule has 2 aromatic rings. The monoisotopic (exact) mass is 479 g/mol. The number of nitrogens with zero attached hydrogens (tertiary/aromatic N) is 3. The molecule has 0 aliphatic heterocycles. The van der Waals surface area contributed by atoms with Crippen LogP contribution in [-0.4, -0.2) is 89.2 Å². The van der Waals surface area contributed by atoms with Crippen LogP contribution in [0, 0.1) is 6.92 Å². The minimum atomic E-state index is -3.81. The van der Waals surface area contributed by atoms with E-state index >= 15 is 0 Å². The second-order valence-corrected chi connectivity index (χ2v) is 9.30. The molecule has 3 N–H and O–H groups in total. The number of carboxylic acid groups (broad SMARTS) is 3. The first-order valence-electron chi connectivity index (χ1n) is 9.85. The maximum absolute atomic E-state index is 13.0. The van der Waals surface area contributed by atoms with E-state index in [9.17, 15) is 27.9 Å². The lowest BCUT2D eigenvalue weighted by Crippen LogP contribution is -2.41. The summed E-state index contributed by atoms with van der Waals surface area (Å²) in [5.74, 6) is -3.57. The van der Waals surface area contributed by atoms with Crippen LogP contribution in [0.3, 0.4) is 0 Å². The van der Waals surface area contributed by atoms with E-state index < -0.39 is 47.4 Å². The number of aromatic nitrogens is 1. The second kappa shape index (κ2) is 11.5. The third kappa shape index (κ3) is 8.25. The summed E-state index contributed by atoms with van der Waals surface area (Å²) >= 11 is 0. The molecule has 0 amide bonds. The summed E-state index contributed by atoms with van der Waals surface area (Å²) in [4.78, 5) is 40.3. The molecule has 0 spiro atoms. The van der Waals surface area contributed by atoms with E-state index in [2.05, 4.69) is 4.98 Å². The van der Waals surface area contributed by atoms with Crippen molar-refractivity contribution in [1.29, 1.82) is 0 Å². The number of carbonyl (C=O) groups is 3. The third-order valence-corrected chi connectivity index (χ3v) is 6.29. The standard InChI is InChI=1S/C21H25N3O8S/c1-15-9-18(33(31,32)17-5-3-2-4-6-17)10-16(22-15)11-23(12-19(25)26)7-8-24(13-20(27)28)14-21(29)30/h2-6,9-10H,7-8,11-14H2,1H3,(H,25,26)(H,27,28)(H,29,30). The predicted molar refractivity (Wildman–Crippen MR) is 115 cm³/mol. The highest BCUT2D eigenvalue weighted by Gasteiger charge is 2.21. The number of pyridine rings is 1. The molecule has 0 aliphatic carbocycles. The molecule has 0 aliphatic rings. The molecule has 1 aromatic carbocycles. The number of benzene rings is 1. The van der Waals surface area contributed by atoms with Gasteiger partial charge in [0.15, 0.2) is 0 Å². The van der Waals surface area contributed by atoms with Crippen LogP contribution in [0.25, 0.3) is 0 Å². The summed E-state index contributed by atoms with van der Waals surface area (Å²) in [6.07, 6.45) is 0. The quantitative estimate of drug-likeness (QED) is 0.368. The molecule has 0 bridgehead atoms. The number of hydrogen-bond acceptors (Lipinski definition) is 8. The Kier molecular flexibility index (Phi) is 9.02. The van der Waals surface area contributed by atoms with Crippen LogP contribution in [-0.2, 0) is 30.8 Å². The van der Waals surface area contributed by atoms with Crippen molar-refractivity contribution in [2.75, 3.05) is 32.7 Å². The lowest BCUT2D eigenvalue weighted by molar-refractivity contribution is -0.143. The molecule has 178 valence electrons. The average Bonchev–Trinajstić information content (AvgIpc) is 2.71. The topological polar surface area (TPSA) is 165 Å². The average molecular weight is 480 g/mol. The summed E-state index contributed by atoms with van der Waals surface area (Å²) in [7, 11) is -3.81. The minimum absolute atomic E-state index is 0.0184. The summed E-state index contributed by atoms with van der Waals surface area (Å²) < 4.78 is 25.9. The maximum Gasteiger partial charge on any atom is 0.317 e. The molecule has 0 saturated carbocycles. The largest absolute Gasteiger partial charge is 0.480 e. The van der Waals surface area contributed by atoms with Crippen LogP contribution in [0.4, 0.5) is 0 Å². The lowest BCUT2D eigenvalue weighted by atomic mass is 10.3. The molecule has 2 rings (SSSR count). The van der Waals surface area contributed by atoms with Gasteiger partial charge in [-0.1, -0.05) is 18.2 Å². The number of sulfone groups is 1. The van der Waals surface area contributed by atoms with Crippen molar-refractivity contribution in [2.45, 2.75) is 23.3 Å². The Balaban J connectivity index is 2.25. The Bertz CT molecular complexity index is 1090. The van der Waals surface area contributed by atoms with Gasteiger partial charge < -0.3 is 15.3 Å². The highest BCUT2D eigenvalue weighted by molar-refractivity contribution is 7.91. The molecule has 1 aromatic heterocycles. The number of aliphatic carboxylic acids is 3. The van der Waals surface area contributed by atoms with Gasteiger partial charge in [0, 0.05) is 25.3 Å². The van der Waals surface area contributed by atoms with Crippen molar-refractivity contribution in [3.63, 3.8) is 0 Å². The molecule has 0 radical (unpaired) electrons. The molecular formula is C21H25N3O8S. The van der Waals surface area contributed by atoms with Crippen LogP contribution in [0.15, 0.2) is 52.3 Å². The minimum Gasteiger partial charge on any atom is -0.480 e. The number of aryl methyl sites for hydroxylation is 1. The summed E-state index contributed by atoms with van der Waals surface area (Å²) in [6.45, 7) is 0.140. The van der Waals surface area contributed by atoms with Gasteiger partial charge in [-0.15, -0.1) is 0 Å². The zero-order valence-corrected chi connectivity index (χ0v) is 18.7. The van der Waals surface area contributed by atoms with Gasteiger partial charge >= 0.3 is 17.9 Å². The summed E-state index contributed by atoms with van der Waals surface area (Å²) in [5.41, 5.74) is 0.740. The van der Waals surface area contributed by atoms with E-state index in [1.807, 2.05) is 0 Å². The second-order valence-electron chi connectivity index (χ2n) is 7.35. The smallest absolute Gasteiger partial charge is 0.317 e. The molecular weight excluding hydrogens is 454 g/mol. The van der Waals surface area contributed by atoms with E-state index in [-0.39, 0.29) is 29.4 Å². The number of hydrogen-bond donors (Lipinski definition) is 3. The summed E-state index contributed by atoms with van der Waals surface area (Å²) in [5, 5.41) is 27.2. The van der Waals surface area contributed by atoms with Gasteiger partial charge in [0.1, 0.15) is 0 Å². The molecule has 1 heterocycles. The Morgan fingerprint density at radius 2 is 1.33 bits per heavy atom. The molecule has 0 atom stereocenters. The van der Waals surface area contributed by atoms with Gasteiger partial charge in [-0.2, -0.15) is 0 Å². The molecule has 33 heavy (non-hydrogen) atoms. The fraction of sp³-hybridized carbons (Fsp3) is 0.333. The van der Waals surface area contributed by atoms with Gasteiger partial charge in [0.2, 0.25) is 9.84 Å². The molecule has 0 fully saturated rings. The third-order valence-electron chi connectivity index (χ3n) is 4.54. The van der Waals surface area contributed by atoms with E-state index in [1.165, 1.54) is 29.2 Å². The maximum atomic E-state index is 13.0. The molecule has 12 heteroatoms. The molecule has 0 unspecified atom stereocenters. The number of rotatable bonds is 13. The SMILES string of the molecule is Cc1cc(S(=O)(=O)c2ccccc2)cc(CN(CCN(CC(=O)O)CC(=O)O)CC(=O)O)n1. The van der Waals surface area contributed by atoms with Crippen molar-refractivity contribution in [3.8, 4) is 0 Å². The normalized spacial score (nSPS) is 11.6. The van der Waals surface area contributed by atoms with Crippen LogP contribution in [0.2, 0.25) is 0 Å². The Morgan fingerprint density at radius 3 is 1.88 bits per heavy atom. The highest BCUT2D eigenvalue weighted by Crippen LogP contribution is 2.22. The van der Waals surface area contributed by atoms with Crippen LogP contribution in [0.5, 0.6) is 0 Å². The van der Waals surface area contributed by atoms with Gasteiger partial charge in [-0.05, 0) is 31.2 Å². The van der Waals surface area contributed by atoms with E-state index in [4.69, 9.17) is 10.2 Å². The van der Waals surface area contributed by atoms with Crippen molar-refractivity contribution in [2.24, 2.45) is 0 Å². The van der Waals surface area contributed by atoms with Crippen molar-refractivity contribution < 1.29 is 38.1 Å². The van der Waals surface area contributed by atoms with Gasteiger partial charge in [-0.3, -0.25) is 29.2 Å². The fourth-order valence-electron chi connectivity index (χ4n) is 3.19. The van der Waals surface area contributed by atoms with Gasteiger partial charge in [0.25, 0.3) is 0 Å². The first-order chi connectivity index (χ1) is 15.5.